The highest BCUT2D eigenvalue weighted by molar-refractivity contribution is 5.82. The first kappa shape index (κ1) is 21.4. The van der Waals surface area contributed by atoms with Crippen LogP contribution in [-0.2, 0) is 4.79 Å². The third kappa shape index (κ3) is 10.8. The normalized spacial score (nSPS) is 11.4. The van der Waals surface area contributed by atoms with Gasteiger partial charge in [-0.15, -0.1) is 0 Å². The minimum Gasteiger partial charge on any atom is -0.273 e. The Hall–Kier alpha value is -1.64. The van der Waals surface area contributed by atoms with E-state index in [2.05, 4.69) is 43.4 Å². The Morgan fingerprint density at radius 1 is 0.960 bits per heavy atom. The van der Waals surface area contributed by atoms with Crippen molar-refractivity contribution in [2.75, 3.05) is 0 Å². The molecule has 3 nitrogen and oxygen atoms in total. The second-order valence-corrected chi connectivity index (χ2v) is 7.19. The fraction of sp³-hybridized carbons (Fsp3) is 0.636. The first-order valence-electron chi connectivity index (χ1n) is 10.1. The van der Waals surface area contributed by atoms with Gasteiger partial charge in [0.25, 0.3) is 0 Å². The molecule has 25 heavy (non-hydrogen) atoms. The van der Waals surface area contributed by atoms with Gasteiger partial charge in [0.15, 0.2) is 0 Å². The molecule has 0 bridgehead atoms. The quantitative estimate of drug-likeness (QED) is 0.259. The highest BCUT2D eigenvalue weighted by Gasteiger charge is 2.00. The predicted octanol–water partition coefficient (Wildman–Crippen LogP) is 6.18. The summed E-state index contributed by atoms with van der Waals surface area (Å²) in [5.74, 6) is 0.542. The van der Waals surface area contributed by atoms with E-state index in [1.807, 2.05) is 12.1 Å². The molecule has 0 atom stereocenters. The maximum Gasteiger partial charge on any atom is 0.240 e. The van der Waals surface area contributed by atoms with E-state index in [0.717, 1.165) is 18.4 Å². The van der Waals surface area contributed by atoms with Crippen molar-refractivity contribution in [2.24, 2.45) is 5.10 Å². The fourth-order valence-corrected chi connectivity index (χ4v) is 2.80. The van der Waals surface area contributed by atoms with Crippen LogP contribution < -0.4 is 5.43 Å². The van der Waals surface area contributed by atoms with E-state index in [1.165, 1.54) is 50.5 Å². The van der Waals surface area contributed by atoms with Gasteiger partial charge in [-0.1, -0.05) is 96.4 Å². The zero-order valence-corrected chi connectivity index (χ0v) is 16.4. The van der Waals surface area contributed by atoms with E-state index in [0.29, 0.717) is 12.3 Å². The van der Waals surface area contributed by atoms with Crippen molar-refractivity contribution in [3.63, 3.8) is 0 Å². The maximum absolute atomic E-state index is 11.8. The van der Waals surface area contributed by atoms with E-state index in [1.54, 1.807) is 6.21 Å². The van der Waals surface area contributed by atoms with Crippen molar-refractivity contribution >= 4 is 12.1 Å². The van der Waals surface area contributed by atoms with Crippen LogP contribution in [0.1, 0.15) is 102 Å². The molecular weight excluding hydrogens is 308 g/mol. The molecule has 0 spiro atoms. The summed E-state index contributed by atoms with van der Waals surface area (Å²) in [5, 5.41) is 4.05. The van der Waals surface area contributed by atoms with Crippen LogP contribution in [0, 0.1) is 0 Å². The van der Waals surface area contributed by atoms with Gasteiger partial charge in [0, 0.05) is 6.42 Å². The summed E-state index contributed by atoms with van der Waals surface area (Å²) in [6.07, 6.45) is 13.7. The SMILES string of the molecule is CCCCCCCCCCCC(=O)N/N=C/c1ccc(C(C)C)cc1. The summed E-state index contributed by atoms with van der Waals surface area (Å²) in [6, 6.07) is 8.28. The third-order valence-electron chi connectivity index (χ3n) is 4.51. The Labute approximate surface area is 154 Å². The molecule has 140 valence electrons. The number of amides is 1. The average molecular weight is 345 g/mol. The van der Waals surface area contributed by atoms with Crippen LogP contribution in [0.25, 0.3) is 0 Å². The number of benzene rings is 1. The highest BCUT2D eigenvalue weighted by atomic mass is 16.2. The average Bonchev–Trinajstić information content (AvgIpc) is 2.61. The molecule has 1 aromatic rings. The standard InChI is InChI=1S/C22H36N2O/c1-4-5-6-7-8-9-10-11-12-13-22(25)24-23-18-20-14-16-21(17-15-20)19(2)3/h14-19H,4-13H2,1-3H3,(H,24,25)/b23-18+. The predicted molar refractivity (Wildman–Crippen MR) is 108 cm³/mol. The molecular formula is C22H36N2O. The lowest BCUT2D eigenvalue weighted by molar-refractivity contribution is -0.121. The van der Waals surface area contributed by atoms with Crippen LogP contribution in [0.5, 0.6) is 0 Å². The lowest BCUT2D eigenvalue weighted by Crippen LogP contribution is -2.16. The molecule has 1 amide bonds. The van der Waals surface area contributed by atoms with Crippen molar-refractivity contribution in [3.8, 4) is 0 Å². The number of hydrogen-bond donors (Lipinski definition) is 1. The molecule has 1 N–H and O–H groups in total. The van der Waals surface area contributed by atoms with Gasteiger partial charge in [-0.25, -0.2) is 5.43 Å². The molecule has 0 saturated heterocycles. The van der Waals surface area contributed by atoms with Crippen molar-refractivity contribution < 1.29 is 4.79 Å². The first-order valence-corrected chi connectivity index (χ1v) is 10.1. The number of carbonyl (C=O) groups excluding carboxylic acids is 1. The topological polar surface area (TPSA) is 41.5 Å². The molecule has 0 aromatic heterocycles. The van der Waals surface area contributed by atoms with Crippen LogP contribution in [0.4, 0.5) is 0 Å². The zero-order valence-electron chi connectivity index (χ0n) is 16.4. The van der Waals surface area contributed by atoms with E-state index in [4.69, 9.17) is 0 Å². The Morgan fingerprint density at radius 3 is 2.08 bits per heavy atom. The number of nitrogens with one attached hydrogen (secondary N) is 1. The molecule has 1 aromatic carbocycles. The summed E-state index contributed by atoms with van der Waals surface area (Å²) in [6.45, 7) is 6.60. The lowest BCUT2D eigenvalue weighted by Gasteiger charge is -2.04. The summed E-state index contributed by atoms with van der Waals surface area (Å²) in [4.78, 5) is 11.8. The van der Waals surface area contributed by atoms with E-state index in [-0.39, 0.29) is 5.91 Å². The molecule has 0 fully saturated rings. The molecule has 0 aliphatic carbocycles. The van der Waals surface area contributed by atoms with Gasteiger partial charge in [-0.3, -0.25) is 4.79 Å². The Bertz CT molecular complexity index is 491. The molecule has 1 rings (SSSR count). The van der Waals surface area contributed by atoms with Gasteiger partial charge in [0.2, 0.25) is 5.91 Å². The molecule has 0 radical (unpaired) electrons. The van der Waals surface area contributed by atoms with Gasteiger partial charge in [-0.2, -0.15) is 5.10 Å². The second-order valence-electron chi connectivity index (χ2n) is 7.19. The molecule has 3 heteroatoms. The second kappa shape index (κ2) is 13.6. The fourth-order valence-electron chi connectivity index (χ4n) is 2.80. The molecule has 0 unspecified atom stereocenters. The lowest BCUT2D eigenvalue weighted by atomic mass is 10.0. The van der Waals surface area contributed by atoms with Crippen LogP contribution >= 0.6 is 0 Å². The van der Waals surface area contributed by atoms with Gasteiger partial charge in [0.1, 0.15) is 0 Å². The van der Waals surface area contributed by atoms with Gasteiger partial charge in [0.05, 0.1) is 6.21 Å². The Morgan fingerprint density at radius 2 is 1.52 bits per heavy atom. The van der Waals surface area contributed by atoms with E-state index in [9.17, 15) is 4.79 Å². The van der Waals surface area contributed by atoms with Crippen molar-refractivity contribution in [2.45, 2.75) is 90.9 Å². The van der Waals surface area contributed by atoms with Gasteiger partial charge < -0.3 is 0 Å². The van der Waals surface area contributed by atoms with E-state index >= 15 is 0 Å². The summed E-state index contributed by atoms with van der Waals surface area (Å²) in [7, 11) is 0. The minimum absolute atomic E-state index is 0.0120. The molecule has 0 saturated carbocycles. The first-order chi connectivity index (χ1) is 12.1. The van der Waals surface area contributed by atoms with E-state index < -0.39 is 0 Å². The molecule has 0 aliphatic heterocycles. The minimum atomic E-state index is 0.0120. The number of carbonyl (C=O) groups is 1. The largest absolute Gasteiger partial charge is 0.273 e. The highest BCUT2D eigenvalue weighted by Crippen LogP contribution is 2.14. The van der Waals surface area contributed by atoms with Gasteiger partial charge in [-0.05, 0) is 23.5 Å². The van der Waals surface area contributed by atoms with Crippen LogP contribution in [-0.4, -0.2) is 12.1 Å². The molecule has 0 aliphatic rings. The number of hydrogen-bond acceptors (Lipinski definition) is 2. The summed E-state index contributed by atoms with van der Waals surface area (Å²) in [5.41, 5.74) is 4.94. The van der Waals surface area contributed by atoms with Crippen molar-refractivity contribution in [1.29, 1.82) is 0 Å². The van der Waals surface area contributed by atoms with Crippen molar-refractivity contribution in [1.82, 2.24) is 5.43 Å². The molecule has 0 heterocycles. The maximum atomic E-state index is 11.8. The van der Waals surface area contributed by atoms with Crippen LogP contribution in [0.3, 0.4) is 0 Å². The van der Waals surface area contributed by atoms with Crippen LogP contribution in [0.2, 0.25) is 0 Å². The Kier molecular flexibility index (Phi) is 11.7. The monoisotopic (exact) mass is 344 g/mol. The number of nitrogens with zero attached hydrogens (tertiary/aromatic N) is 1. The van der Waals surface area contributed by atoms with Gasteiger partial charge >= 0.3 is 0 Å². The number of unbranched alkanes of at least 4 members (excludes halogenated alkanes) is 8. The third-order valence-corrected chi connectivity index (χ3v) is 4.51. The van der Waals surface area contributed by atoms with Crippen molar-refractivity contribution in [3.05, 3.63) is 35.4 Å². The smallest absolute Gasteiger partial charge is 0.240 e. The summed E-state index contributed by atoms with van der Waals surface area (Å²) >= 11 is 0. The zero-order chi connectivity index (χ0) is 18.3. The number of rotatable bonds is 13. The number of hydrazone groups is 1. The summed E-state index contributed by atoms with van der Waals surface area (Å²) < 4.78 is 0. The Balaban J connectivity index is 2.06. The van der Waals surface area contributed by atoms with Crippen LogP contribution in [0.15, 0.2) is 29.4 Å².